The number of methoxy groups -OCH3 is 1. The molecule has 2 N–H and O–H groups in total. The fourth-order valence-electron chi connectivity index (χ4n) is 3.77. The number of hydrogen-bond acceptors (Lipinski definition) is 7. The minimum absolute atomic E-state index is 0.0577. The van der Waals surface area contributed by atoms with Gasteiger partial charge in [-0.25, -0.2) is 4.79 Å². The standard InChI is InChI=1S/C19H25NO2.C10H20N2O3/c1-15-12-18(21-3)14-19(13-15)22-11-5-4-6-16-7-9-17(20-2)10-8-16;1-10(2,3)15-9(14)12-6-4-11(8-13)5-7-12/h7-10,12-14,20H,4-6,11H2,1-3H3;13H,4-8H2,1-3H3. The maximum atomic E-state index is 11.6. The number of nitrogens with zero attached hydrogens (tertiary/aromatic N) is 2. The van der Waals surface area contributed by atoms with E-state index in [-0.39, 0.29) is 12.8 Å². The van der Waals surface area contributed by atoms with Crippen LogP contribution in [0.5, 0.6) is 11.5 Å². The number of anilines is 1. The largest absolute Gasteiger partial charge is 0.497 e. The molecule has 1 amide bonds. The lowest BCUT2D eigenvalue weighted by molar-refractivity contribution is 0.00425. The lowest BCUT2D eigenvalue weighted by atomic mass is 10.1. The zero-order chi connectivity index (χ0) is 27.3. The summed E-state index contributed by atoms with van der Waals surface area (Å²) in [6.07, 6.45) is 3.00. The number of aliphatic hydroxyl groups excluding tert-OH is 1. The van der Waals surface area contributed by atoms with Gasteiger partial charge < -0.3 is 29.5 Å². The van der Waals surface area contributed by atoms with Gasteiger partial charge in [-0.3, -0.25) is 4.90 Å². The second kappa shape index (κ2) is 15.3. The Morgan fingerprint density at radius 2 is 1.65 bits per heavy atom. The molecule has 2 aromatic rings. The zero-order valence-electron chi connectivity index (χ0n) is 23.4. The number of benzene rings is 2. The first-order valence-electron chi connectivity index (χ1n) is 13.0. The van der Waals surface area contributed by atoms with E-state index in [9.17, 15) is 4.79 Å². The van der Waals surface area contributed by atoms with Gasteiger partial charge in [0.2, 0.25) is 0 Å². The molecule has 2 aromatic carbocycles. The third-order valence-corrected chi connectivity index (χ3v) is 5.86. The van der Waals surface area contributed by atoms with Crippen LogP contribution < -0.4 is 14.8 Å². The van der Waals surface area contributed by atoms with Gasteiger partial charge in [0.05, 0.1) is 20.4 Å². The highest BCUT2D eigenvalue weighted by Crippen LogP contribution is 2.22. The quantitative estimate of drug-likeness (QED) is 0.458. The van der Waals surface area contributed by atoms with Crippen LogP contribution in [-0.2, 0) is 11.2 Å². The van der Waals surface area contributed by atoms with Crippen molar-refractivity contribution in [2.24, 2.45) is 0 Å². The number of amides is 1. The predicted octanol–water partition coefficient (Wildman–Crippen LogP) is 4.94. The zero-order valence-corrected chi connectivity index (χ0v) is 23.4. The summed E-state index contributed by atoms with van der Waals surface area (Å²) in [6.45, 7) is 11.1. The predicted molar refractivity (Wildman–Crippen MR) is 149 cm³/mol. The lowest BCUT2D eigenvalue weighted by Crippen LogP contribution is -2.50. The Kier molecular flexibility index (Phi) is 12.5. The van der Waals surface area contributed by atoms with Crippen molar-refractivity contribution < 1.29 is 24.1 Å². The topological polar surface area (TPSA) is 83.5 Å². The van der Waals surface area contributed by atoms with Crippen molar-refractivity contribution in [1.82, 2.24) is 9.80 Å². The van der Waals surface area contributed by atoms with E-state index in [0.717, 1.165) is 48.6 Å². The Labute approximate surface area is 222 Å². The first-order valence-corrected chi connectivity index (χ1v) is 13.0. The van der Waals surface area contributed by atoms with Crippen LogP contribution in [0, 0.1) is 6.92 Å². The summed E-state index contributed by atoms with van der Waals surface area (Å²) in [5.41, 5.74) is 3.24. The molecular formula is C29H45N3O5. The van der Waals surface area contributed by atoms with Gasteiger partial charge in [-0.1, -0.05) is 12.1 Å². The van der Waals surface area contributed by atoms with Crippen molar-refractivity contribution in [1.29, 1.82) is 0 Å². The molecule has 1 aliphatic rings. The summed E-state index contributed by atoms with van der Waals surface area (Å²) in [4.78, 5) is 15.2. The highest BCUT2D eigenvalue weighted by atomic mass is 16.6. The Morgan fingerprint density at radius 3 is 2.22 bits per heavy atom. The minimum atomic E-state index is -0.439. The Hall–Kier alpha value is -2.97. The molecule has 0 bridgehead atoms. The summed E-state index contributed by atoms with van der Waals surface area (Å²) in [6, 6.07) is 14.6. The van der Waals surface area contributed by atoms with Crippen molar-refractivity contribution in [3.05, 3.63) is 53.6 Å². The molecule has 0 atom stereocenters. The van der Waals surface area contributed by atoms with Crippen molar-refractivity contribution in [3.63, 3.8) is 0 Å². The van der Waals surface area contributed by atoms with E-state index in [1.54, 1.807) is 12.0 Å². The van der Waals surface area contributed by atoms with Crippen molar-refractivity contribution in [2.45, 2.75) is 52.6 Å². The fraction of sp³-hybridized carbons (Fsp3) is 0.552. The van der Waals surface area contributed by atoms with Crippen LogP contribution in [-0.4, -0.2) is 80.3 Å². The van der Waals surface area contributed by atoms with Crippen molar-refractivity contribution >= 4 is 11.8 Å². The van der Waals surface area contributed by atoms with E-state index in [1.807, 2.05) is 57.8 Å². The second-order valence-corrected chi connectivity index (χ2v) is 10.2. The van der Waals surface area contributed by atoms with Crippen molar-refractivity contribution in [2.75, 3.05) is 59.0 Å². The van der Waals surface area contributed by atoms with Gasteiger partial charge in [0.15, 0.2) is 0 Å². The molecule has 0 spiro atoms. The number of hydrogen-bond donors (Lipinski definition) is 2. The summed E-state index contributed by atoms with van der Waals surface area (Å²) in [5.74, 6) is 1.73. The van der Waals surface area contributed by atoms with Gasteiger partial charge in [0.25, 0.3) is 0 Å². The fourth-order valence-corrected chi connectivity index (χ4v) is 3.77. The molecule has 1 saturated heterocycles. The molecule has 8 heteroatoms. The second-order valence-electron chi connectivity index (χ2n) is 10.2. The normalized spacial score (nSPS) is 13.9. The maximum absolute atomic E-state index is 11.6. The van der Waals surface area contributed by atoms with Crippen LogP contribution in [0.4, 0.5) is 10.5 Å². The molecule has 0 unspecified atom stereocenters. The number of piperazine rings is 1. The molecule has 0 aromatic heterocycles. The molecule has 1 aliphatic heterocycles. The molecule has 37 heavy (non-hydrogen) atoms. The van der Waals surface area contributed by atoms with Gasteiger partial charge in [-0.05, 0) is 82.3 Å². The van der Waals surface area contributed by atoms with Crippen LogP contribution in [0.25, 0.3) is 0 Å². The molecule has 206 valence electrons. The minimum Gasteiger partial charge on any atom is -0.497 e. The van der Waals surface area contributed by atoms with E-state index < -0.39 is 5.60 Å². The third kappa shape index (κ3) is 11.7. The molecule has 0 saturated carbocycles. The molecule has 0 radical (unpaired) electrons. The molecular weight excluding hydrogens is 470 g/mol. The molecule has 1 heterocycles. The van der Waals surface area contributed by atoms with Gasteiger partial charge in [-0.15, -0.1) is 0 Å². The van der Waals surface area contributed by atoms with Crippen LogP contribution in [0.3, 0.4) is 0 Å². The molecule has 0 aliphatic carbocycles. The van der Waals surface area contributed by atoms with Gasteiger partial charge in [0.1, 0.15) is 17.1 Å². The number of nitrogens with one attached hydrogen (secondary N) is 1. The van der Waals surface area contributed by atoms with E-state index in [4.69, 9.17) is 19.3 Å². The molecule has 1 fully saturated rings. The first kappa shape index (κ1) is 30.3. The first-order chi connectivity index (χ1) is 17.6. The lowest BCUT2D eigenvalue weighted by Gasteiger charge is -2.34. The molecule has 8 nitrogen and oxygen atoms in total. The van der Waals surface area contributed by atoms with Crippen molar-refractivity contribution in [3.8, 4) is 11.5 Å². The van der Waals surface area contributed by atoms with Crippen LogP contribution in [0.2, 0.25) is 0 Å². The maximum Gasteiger partial charge on any atom is 0.410 e. The average molecular weight is 516 g/mol. The highest BCUT2D eigenvalue weighted by molar-refractivity contribution is 5.68. The highest BCUT2D eigenvalue weighted by Gasteiger charge is 2.25. The van der Waals surface area contributed by atoms with Gasteiger partial charge >= 0.3 is 6.09 Å². The number of rotatable bonds is 9. The van der Waals surface area contributed by atoms with E-state index in [1.165, 1.54) is 5.56 Å². The monoisotopic (exact) mass is 515 g/mol. The Bertz CT molecular complexity index is 936. The number of ether oxygens (including phenoxy) is 3. The summed E-state index contributed by atoms with van der Waals surface area (Å²) >= 11 is 0. The van der Waals surface area contributed by atoms with E-state index >= 15 is 0 Å². The number of carbonyl (C=O) groups excluding carboxylic acids is 1. The molecule has 3 rings (SSSR count). The SMILES string of the molecule is CC(C)(C)OC(=O)N1CCN(CO)CC1.CNc1ccc(CCCCOc2cc(C)cc(OC)c2)cc1. The van der Waals surface area contributed by atoms with Gasteiger partial charge in [0, 0.05) is 45.0 Å². The number of unbranched alkanes of at least 4 members (excludes halogenated alkanes) is 1. The third-order valence-electron chi connectivity index (χ3n) is 5.86. The van der Waals surface area contributed by atoms with E-state index in [0.29, 0.717) is 26.2 Å². The number of aryl methyl sites for hydroxylation is 2. The van der Waals surface area contributed by atoms with E-state index in [2.05, 4.69) is 29.6 Å². The van der Waals surface area contributed by atoms with Crippen LogP contribution in [0.15, 0.2) is 42.5 Å². The summed E-state index contributed by atoms with van der Waals surface area (Å²) < 4.78 is 16.3. The smallest absolute Gasteiger partial charge is 0.410 e. The Balaban J connectivity index is 0.000000281. The average Bonchev–Trinajstić information content (AvgIpc) is 2.88. The van der Waals surface area contributed by atoms with Crippen LogP contribution in [0.1, 0.15) is 44.7 Å². The van der Waals surface area contributed by atoms with Crippen LogP contribution >= 0.6 is 0 Å². The van der Waals surface area contributed by atoms with Gasteiger partial charge in [-0.2, -0.15) is 0 Å². The summed E-state index contributed by atoms with van der Waals surface area (Å²) in [5, 5.41) is 12.0. The number of aliphatic hydroxyl groups is 1. The summed E-state index contributed by atoms with van der Waals surface area (Å²) in [7, 11) is 3.62. The Morgan fingerprint density at radius 1 is 1.00 bits per heavy atom. The number of carbonyl (C=O) groups is 1.